The predicted molar refractivity (Wildman–Crippen MR) is 80.2 cm³/mol. The fourth-order valence-corrected chi connectivity index (χ4v) is 2.98. The zero-order valence-corrected chi connectivity index (χ0v) is 11.8. The molecule has 20 heavy (non-hydrogen) atoms. The molecule has 3 rings (SSSR count). The Morgan fingerprint density at radius 3 is 2.75 bits per heavy atom. The van der Waals surface area contributed by atoms with Crippen molar-refractivity contribution in [1.82, 2.24) is 0 Å². The zero-order valence-electron chi connectivity index (χ0n) is 11.0. The van der Waals surface area contributed by atoms with Gasteiger partial charge in [0.2, 0.25) is 0 Å². The summed E-state index contributed by atoms with van der Waals surface area (Å²) in [6.45, 7) is 2.09. The SMILES string of the molecule is CC1Cc2ccccc2N1c1cc(Cl)ccc1C(=O)O. The number of halogens is 1. The molecule has 1 unspecified atom stereocenters. The van der Waals surface area contributed by atoms with E-state index in [0.717, 1.165) is 12.1 Å². The van der Waals surface area contributed by atoms with Crippen molar-refractivity contribution < 1.29 is 9.90 Å². The molecule has 0 radical (unpaired) electrons. The molecule has 0 fully saturated rings. The Hall–Kier alpha value is -2.00. The lowest BCUT2D eigenvalue weighted by Gasteiger charge is -2.26. The van der Waals surface area contributed by atoms with Crippen molar-refractivity contribution in [2.45, 2.75) is 19.4 Å². The average Bonchev–Trinajstić information content (AvgIpc) is 2.73. The van der Waals surface area contributed by atoms with E-state index < -0.39 is 5.97 Å². The third-order valence-electron chi connectivity index (χ3n) is 3.66. The van der Waals surface area contributed by atoms with E-state index in [1.807, 2.05) is 18.2 Å². The predicted octanol–water partition coefficient (Wildman–Crippen LogP) is 4.12. The minimum Gasteiger partial charge on any atom is -0.478 e. The van der Waals surface area contributed by atoms with Crippen LogP contribution in [0, 0.1) is 0 Å². The molecule has 1 atom stereocenters. The summed E-state index contributed by atoms with van der Waals surface area (Å²) in [6, 6.07) is 13.2. The number of rotatable bonds is 2. The van der Waals surface area contributed by atoms with Crippen molar-refractivity contribution in [3.8, 4) is 0 Å². The summed E-state index contributed by atoms with van der Waals surface area (Å²) in [5.41, 5.74) is 3.22. The standard InChI is InChI=1S/C16H14ClNO2/c1-10-8-11-4-2-3-5-14(11)18(10)15-9-12(17)6-7-13(15)16(19)20/h2-7,9-10H,8H2,1H3,(H,19,20). The second kappa shape index (κ2) is 4.84. The van der Waals surface area contributed by atoms with E-state index in [4.69, 9.17) is 11.6 Å². The van der Waals surface area contributed by atoms with Crippen LogP contribution in [0.25, 0.3) is 0 Å². The molecule has 1 N–H and O–H groups in total. The Kier molecular flexibility index (Phi) is 3.14. The van der Waals surface area contributed by atoms with E-state index in [2.05, 4.69) is 17.9 Å². The highest BCUT2D eigenvalue weighted by Gasteiger charge is 2.29. The summed E-state index contributed by atoms with van der Waals surface area (Å²) in [6.07, 6.45) is 0.905. The normalized spacial score (nSPS) is 17.1. The number of hydrogen-bond acceptors (Lipinski definition) is 2. The number of carboxylic acid groups (broad SMARTS) is 1. The Bertz CT molecular complexity index is 684. The topological polar surface area (TPSA) is 40.5 Å². The van der Waals surface area contributed by atoms with Gasteiger partial charge in [0.15, 0.2) is 0 Å². The van der Waals surface area contributed by atoms with Gasteiger partial charge in [-0.3, -0.25) is 0 Å². The Balaban J connectivity index is 2.18. The van der Waals surface area contributed by atoms with E-state index in [-0.39, 0.29) is 11.6 Å². The maximum absolute atomic E-state index is 11.4. The van der Waals surface area contributed by atoms with Crippen molar-refractivity contribution in [3.63, 3.8) is 0 Å². The van der Waals surface area contributed by atoms with E-state index in [1.54, 1.807) is 18.2 Å². The van der Waals surface area contributed by atoms with Crippen LogP contribution in [0.2, 0.25) is 5.02 Å². The maximum Gasteiger partial charge on any atom is 0.337 e. The van der Waals surface area contributed by atoms with Gasteiger partial charge in [0.05, 0.1) is 11.3 Å². The monoisotopic (exact) mass is 287 g/mol. The molecule has 1 aliphatic rings. The number of aromatic carboxylic acids is 1. The first-order valence-corrected chi connectivity index (χ1v) is 6.85. The van der Waals surface area contributed by atoms with Gasteiger partial charge in [-0.25, -0.2) is 4.79 Å². The molecular weight excluding hydrogens is 274 g/mol. The quantitative estimate of drug-likeness (QED) is 0.903. The fourth-order valence-electron chi connectivity index (χ4n) is 2.82. The van der Waals surface area contributed by atoms with Crippen molar-refractivity contribution in [3.05, 3.63) is 58.6 Å². The third-order valence-corrected chi connectivity index (χ3v) is 3.89. The number of anilines is 2. The highest BCUT2D eigenvalue weighted by atomic mass is 35.5. The molecule has 0 aliphatic carbocycles. The smallest absolute Gasteiger partial charge is 0.337 e. The molecule has 102 valence electrons. The lowest BCUT2D eigenvalue weighted by Crippen LogP contribution is -2.25. The number of carbonyl (C=O) groups is 1. The second-order valence-electron chi connectivity index (χ2n) is 5.02. The number of nitrogens with zero attached hydrogens (tertiary/aromatic N) is 1. The van der Waals surface area contributed by atoms with Gasteiger partial charge in [0.1, 0.15) is 0 Å². The number of benzene rings is 2. The molecule has 4 heteroatoms. The van der Waals surface area contributed by atoms with Crippen LogP contribution < -0.4 is 4.90 Å². The van der Waals surface area contributed by atoms with Gasteiger partial charge in [0, 0.05) is 16.8 Å². The van der Waals surface area contributed by atoms with E-state index in [9.17, 15) is 9.90 Å². The summed E-state index contributed by atoms with van der Waals surface area (Å²) in [5, 5.41) is 9.92. The number of para-hydroxylation sites is 1. The molecule has 0 saturated carbocycles. The van der Waals surface area contributed by atoms with E-state index in [1.165, 1.54) is 5.56 Å². The first-order valence-electron chi connectivity index (χ1n) is 6.48. The van der Waals surface area contributed by atoms with Crippen LogP contribution >= 0.6 is 11.6 Å². The summed E-state index contributed by atoms with van der Waals surface area (Å²) >= 11 is 6.06. The van der Waals surface area contributed by atoms with Crippen molar-refractivity contribution in [2.24, 2.45) is 0 Å². The molecule has 0 amide bonds. The highest BCUT2D eigenvalue weighted by Crippen LogP contribution is 2.40. The van der Waals surface area contributed by atoms with Crippen LogP contribution in [0.1, 0.15) is 22.8 Å². The summed E-state index contributed by atoms with van der Waals surface area (Å²) in [4.78, 5) is 13.5. The molecule has 0 spiro atoms. The minimum absolute atomic E-state index is 0.212. The summed E-state index contributed by atoms with van der Waals surface area (Å²) in [7, 11) is 0. The van der Waals surface area contributed by atoms with Crippen LogP contribution in [-0.2, 0) is 6.42 Å². The Morgan fingerprint density at radius 1 is 1.25 bits per heavy atom. The third kappa shape index (κ3) is 2.04. The summed E-state index contributed by atoms with van der Waals surface area (Å²) < 4.78 is 0. The van der Waals surface area contributed by atoms with Crippen LogP contribution in [0.4, 0.5) is 11.4 Å². The first kappa shape index (κ1) is 13.0. The molecule has 1 heterocycles. The van der Waals surface area contributed by atoms with E-state index >= 15 is 0 Å². The zero-order chi connectivity index (χ0) is 14.3. The molecule has 0 saturated heterocycles. The van der Waals surface area contributed by atoms with Gasteiger partial charge in [0.25, 0.3) is 0 Å². The molecule has 2 aromatic rings. The summed E-state index contributed by atoms with van der Waals surface area (Å²) in [5.74, 6) is -0.937. The van der Waals surface area contributed by atoms with Gasteiger partial charge in [-0.05, 0) is 43.2 Å². The highest BCUT2D eigenvalue weighted by molar-refractivity contribution is 6.31. The first-order chi connectivity index (χ1) is 9.58. The van der Waals surface area contributed by atoms with Crippen molar-refractivity contribution in [2.75, 3.05) is 4.90 Å². The Labute approximate surface area is 122 Å². The van der Waals surface area contributed by atoms with Gasteiger partial charge < -0.3 is 10.0 Å². The molecule has 3 nitrogen and oxygen atoms in total. The molecule has 1 aliphatic heterocycles. The number of fused-ring (bicyclic) bond motifs is 1. The van der Waals surface area contributed by atoms with Crippen molar-refractivity contribution in [1.29, 1.82) is 0 Å². The van der Waals surface area contributed by atoms with Gasteiger partial charge in [-0.1, -0.05) is 29.8 Å². The number of hydrogen-bond donors (Lipinski definition) is 1. The minimum atomic E-state index is -0.937. The maximum atomic E-state index is 11.4. The van der Waals surface area contributed by atoms with Crippen LogP contribution in [-0.4, -0.2) is 17.1 Å². The van der Waals surface area contributed by atoms with Gasteiger partial charge in [-0.15, -0.1) is 0 Å². The van der Waals surface area contributed by atoms with Crippen LogP contribution in [0.3, 0.4) is 0 Å². The second-order valence-corrected chi connectivity index (χ2v) is 5.45. The average molecular weight is 288 g/mol. The molecule has 0 aromatic heterocycles. The number of carboxylic acids is 1. The largest absolute Gasteiger partial charge is 0.478 e. The molecular formula is C16H14ClNO2. The lowest BCUT2D eigenvalue weighted by atomic mass is 10.1. The van der Waals surface area contributed by atoms with Gasteiger partial charge in [-0.2, -0.15) is 0 Å². The van der Waals surface area contributed by atoms with Crippen molar-refractivity contribution >= 4 is 28.9 Å². The Morgan fingerprint density at radius 2 is 2.00 bits per heavy atom. The van der Waals surface area contributed by atoms with Crippen LogP contribution in [0.15, 0.2) is 42.5 Å². The molecule has 0 bridgehead atoms. The molecule has 2 aromatic carbocycles. The van der Waals surface area contributed by atoms with Crippen LogP contribution in [0.5, 0.6) is 0 Å². The van der Waals surface area contributed by atoms with Gasteiger partial charge >= 0.3 is 5.97 Å². The van der Waals surface area contributed by atoms with E-state index in [0.29, 0.717) is 10.7 Å². The fraction of sp³-hybridized carbons (Fsp3) is 0.188. The lowest BCUT2D eigenvalue weighted by molar-refractivity contribution is 0.0697.